The molecule has 0 aromatic carbocycles. The summed E-state index contributed by atoms with van der Waals surface area (Å²) in [6.07, 6.45) is 3.35. The van der Waals surface area contributed by atoms with Gasteiger partial charge in [-0.2, -0.15) is 10.1 Å². The van der Waals surface area contributed by atoms with Crippen molar-refractivity contribution in [3.63, 3.8) is 0 Å². The number of nitrogens with zero attached hydrogens (tertiary/aromatic N) is 3. The summed E-state index contributed by atoms with van der Waals surface area (Å²) in [5.74, 6) is 1.65. The summed E-state index contributed by atoms with van der Waals surface area (Å²) in [7, 11) is 0. The largest absolute Gasteiger partial charge is 0.329 e. The van der Waals surface area contributed by atoms with Gasteiger partial charge in [0.1, 0.15) is 5.82 Å². The number of anilines is 1. The first kappa shape index (κ1) is 8.29. The Balaban J connectivity index is 2.30. The lowest BCUT2D eigenvalue weighted by atomic mass is 10.2. The van der Waals surface area contributed by atoms with Crippen LogP contribution >= 0.6 is 0 Å². The molecule has 4 heteroatoms. The van der Waals surface area contributed by atoms with Crippen molar-refractivity contribution in [3.05, 3.63) is 18.1 Å². The van der Waals surface area contributed by atoms with Crippen LogP contribution in [0.3, 0.4) is 0 Å². The highest BCUT2D eigenvalue weighted by molar-refractivity contribution is 5.33. The van der Waals surface area contributed by atoms with E-state index in [-0.39, 0.29) is 0 Å². The van der Waals surface area contributed by atoms with E-state index in [2.05, 4.69) is 22.0 Å². The summed E-state index contributed by atoms with van der Waals surface area (Å²) < 4.78 is 1.92. The van der Waals surface area contributed by atoms with Gasteiger partial charge < -0.3 is 5.32 Å². The topological polar surface area (TPSA) is 42.7 Å². The molecule has 4 nitrogen and oxygen atoms in total. The van der Waals surface area contributed by atoms with Gasteiger partial charge in [-0.15, -0.1) is 0 Å². The Bertz CT molecular complexity index is 326. The summed E-state index contributed by atoms with van der Waals surface area (Å²) >= 11 is 0. The van der Waals surface area contributed by atoms with Crippen LogP contribution in [0, 0.1) is 6.92 Å². The predicted molar refractivity (Wildman–Crippen MR) is 51.4 cm³/mol. The van der Waals surface area contributed by atoms with Crippen LogP contribution < -0.4 is 5.32 Å². The number of hydrogen-bond acceptors (Lipinski definition) is 3. The molecular formula is C9H14N4. The average Bonchev–Trinajstić information content (AvgIpc) is 2.36. The molecule has 1 N–H and O–H groups in total. The normalized spacial score (nSPS) is 17.2. The Morgan fingerprint density at radius 2 is 2.31 bits per heavy atom. The van der Waals surface area contributed by atoms with Crippen LogP contribution in [0.1, 0.15) is 25.1 Å². The van der Waals surface area contributed by atoms with Gasteiger partial charge in [-0.05, 0) is 26.2 Å². The van der Waals surface area contributed by atoms with E-state index in [0.717, 1.165) is 36.9 Å². The molecule has 0 radical (unpaired) electrons. The average molecular weight is 178 g/mol. The fourth-order valence-corrected chi connectivity index (χ4v) is 1.52. The summed E-state index contributed by atoms with van der Waals surface area (Å²) in [6, 6.07) is 0. The summed E-state index contributed by atoms with van der Waals surface area (Å²) in [4.78, 5) is 4.28. The van der Waals surface area contributed by atoms with Crippen molar-refractivity contribution in [3.8, 4) is 0 Å². The molecule has 0 atom stereocenters. The third-order valence-corrected chi connectivity index (χ3v) is 2.16. The van der Waals surface area contributed by atoms with E-state index in [1.54, 1.807) is 0 Å². The van der Waals surface area contributed by atoms with Gasteiger partial charge in [0, 0.05) is 12.2 Å². The van der Waals surface area contributed by atoms with Crippen molar-refractivity contribution >= 4 is 5.95 Å². The Morgan fingerprint density at radius 3 is 3.15 bits per heavy atom. The number of fused-ring (bicyclic) bond motifs is 1. The van der Waals surface area contributed by atoms with Crippen LogP contribution in [0.2, 0.25) is 0 Å². The fraction of sp³-hybridized carbons (Fsp3) is 0.556. The van der Waals surface area contributed by atoms with Gasteiger partial charge in [0.05, 0.1) is 0 Å². The van der Waals surface area contributed by atoms with E-state index in [1.807, 2.05) is 11.6 Å². The third kappa shape index (κ3) is 1.71. The molecule has 70 valence electrons. The molecule has 0 spiro atoms. The highest BCUT2D eigenvalue weighted by atomic mass is 15.4. The zero-order valence-electron chi connectivity index (χ0n) is 7.88. The molecule has 1 aromatic rings. The standard InChI is InChI=1S/C9H14N4/c1-7-5-3-4-6-13-9(10-7)11-8(2)12-13/h1,3-6H2,2H3,(H,10,11,12). The molecule has 0 saturated carbocycles. The smallest absolute Gasteiger partial charge is 0.225 e. The molecule has 1 aliphatic heterocycles. The second-order valence-electron chi connectivity index (χ2n) is 3.39. The second kappa shape index (κ2) is 3.20. The number of nitrogens with one attached hydrogen (secondary N) is 1. The molecule has 0 amide bonds. The van der Waals surface area contributed by atoms with Crippen molar-refractivity contribution < 1.29 is 0 Å². The highest BCUT2D eigenvalue weighted by Crippen LogP contribution is 2.16. The second-order valence-corrected chi connectivity index (χ2v) is 3.39. The molecule has 1 aromatic heterocycles. The van der Waals surface area contributed by atoms with Crippen molar-refractivity contribution in [1.82, 2.24) is 14.8 Å². The van der Waals surface area contributed by atoms with Crippen LogP contribution in [-0.2, 0) is 6.54 Å². The van der Waals surface area contributed by atoms with Crippen molar-refractivity contribution in [2.45, 2.75) is 32.7 Å². The van der Waals surface area contributed by atoms with Crippen LogP contribution in [0.5, 0.6) is 0 Å². The van der Waals surface area contributed by atoms with Gasteiger partial charge >= 0.3 is 0 Å². The molecule has 0 fully saturated rings. The Morgan fingerprint density at radius 1 is 1.46 bits per heavy atom. The molecular weight excluding hydrogens is 164 g/mol. The van der Waals surface area contributed by atoms with E-state index in [0.29, 0.717) is 0 Å². The van der Waals surface area contributed by atoms with Crippen molar-refractivity contribution in [1.29, 1.82) is 0 Å². The van der Waals surface area contributed by atoms with E-state index >= 15 is 0 Å². The minimum absolute atomic E-state index is 0.817. The number of aryl methyl sites for hydroxylation is 2. The zero-order chi connectivity index (χ0) is 9.26. The molecule has 0 bridgehead atoms. The molecule has 13 heavy (non-hydrogen) atoms. The maximum atomic E-state index is 4.29. The first-order valence-electron chi connectivity index (χ1n) is 4.62. The van der Waals surface area contributed by atoms with E-state index < -0.39 is 0 Å². The Kier molecular flexibility index (Phi) is 2.04. The highest BCUT2D eigenvalue weighted by Gasteiger charge is 2.10. The molecule has 0 aliphatic carbocycles. The third-order valence-electron chi connectivity index (χ3n) is 2.16. The minimum Gasteiger partial charge on any atom is -0.329 e. The minimum atomic E-state index is 0.817. The van der Waals surface area contributed by atoms with Gasteiger partial charge in [0.15, 0.2) is 0 Å². The van der Waals surface area contributed by atoms with Crippen LogP contribution in [0.4, 0.5) is 5.95 Å². The number of allylic oxidation sites excluding steroid dienone is 1. The van der Waals surface area contributed by atoms with E-state index in [1.165, 1.54) is 6.42 Å². The molecule has 2 heterocycles. The number of aromatic nitrogens is 3. The maximum absolute atomic E-state index is 4.29. The summed E-state index contributed by atoms with van der Waals surface area (Å²) in [5.41, 5.74) is 1.04. The number of rotatable bonds is 0. The van der Waals surface area contributed by atoms with Gasteiger partial charge in [0.25, 0.3) is 0 Å². The SMILES string of the molecule is C=C1CCCCn2nc(C)nc2N1. The van der Waals surface area contributed by atoms with Crippen molar-refractivity contribution in [2.75, 3.05) is 5.32 Å². The lowest BCUT2D eigenvalue weighted by molar-refractivity contribution is 0.548. The van der Waals surface area contributed by atoms with Crippen LogP contribution in [-0.4, -0.2) is 14.8 Å². The molecule has 2 rings (SSSR count). The van der Waals surface area contributed by atoms with Gasteiger partial charge in [0.2, 0.25) is 5.95 Å². The van der Waals surface area contributed by atoms with E-state index in [9.17, 15) is 0 Å². The first-order chi connectivity index (χ1) is 6.25. The van der Waals surface area contributed by atoms with Gasteiger partial charge in [-0.1, -0.05) is 6.58 Å². The van der Waals surface area contributed by atoms with Crippen LogP contribution in [0.25, 0.3) is 0 Å². The van der Waals surface area contributed by atoms with Gasteiger partial charge in [-0.3, -0.25) is 0 Å². The van der Waals surface area contributed by atoms with Gasteiger partial charge in [-0.25, -0.2) is 4.68 Å². The van der Waals surface area contributed by atoms with E-state index in [4.69, 9.17) is 0 Å². The van der Waals surface area contributed by atoms with Crippen molar-refractivity contribution in [2.24, 2.45) is 0 Å². The quantitative estimate of drug-likeness (QED) is 0.657. The van der Waals surface area contributed by atoms with Crippen LogP contribution in [0.15, 0.2) is 12.3 Å². The molecule has 0 saturated heterocycles. The zero-order valence-corrected chi connectivity index (χ0v) is 7.88. The molecule has 0 unspecified atom stereocenters. The molecule has 1 aliphatic rings. The first-order valence-corrected chi connectivity index (χ1v) is 4.62. The monoisotopic (exact) mass is 178 g/mol. The summed E-state index contributed by atoms with van der Waals surface area (Å²) in [6.45, 7) is 6.79. The predicted octanol–water partition coefficient (Wildman–Crippen LogP) is 1.70. The lowest BCUT2D eigenvalue weighted by Gasteiger charge is -2.13. The number of hydrogen-bond donors (Lipinski definition) is 1. The summed E-state index contributed by atoms with van der Waals surface area (Å²) in [5, 5.41) is 7.47. The Hall–Kier alpha value is -1.32. The fourth-order valence-electron chi connectivity index (χ4n) is 1.52. The Labute approximate surface area is 77.7 Å². The maximum Gasteiger partial charge on any atom is 0.225 e. The lowest BCUT2D eigenvalue weighted by Crippen LogP contribution is -2.11.